The van der Waals surface area contributed by atoms with Crippen LogP contribution in [0.4, 0.5) is 5.69 Å². The van der Waals surface area contributed by atoms with Gasteiger partial charge in [0.05, 0.1) is 23.3 Å². The minimum Gasteiger partial charge on any atom is -0.387 e. The highest BCUT2D eigenvalue weighted by Crippen LogP contribution is 2.15. The first-order chi connectivity index (χ1) is 18.0. The lowest BCUT2D eigenvalue weighted by molar-refractivity contribution is 0.292. The molecule has 2 aromatic rings. The fraction of sp³-hybridized carbons (Fsp3) is 0.515. The number of aromatic nitrogens is 1. The van der Waals surface area contributed by atoms with Crippen molar-refractivity contribution >= 4 is 23.0 Å². The Morgan fingerprint density at radius 2 is 1.71 bits per heavy atom. The Balaban J connectivity index is 0. The predicted octanol–water partition coefficient (Wildman–Crippen LogP) is 9.44. The molecule has 214 valence electrons. The highest BCUT2D eigenvalue weighted by molar-refractivity contribution is 6.30. The number of benzene rings is 1. The predicted molar refractivity (Wildman–Crippen MR) is 174 cm³/mol. The zero-order valence-corrected chi connectivity index (χ0v) is 26.9. The lowest BCUT2D eigenvalue weighted by Crippen LogP contribution is -2.22. The highest BCUT2D eigenvalue weighted by atomic mass is 35.5. The number of pyridine rings is 1. The molecule has 0 aliphatic carbocycles. The third-order valence-electron chi connectivity index (χ3n) is 5.81. The highest BCUT2D eigenvalue weighted by Gasteiger charge is 2.01. The molecule has 0 radical (unpaired) electrons. The maximum atomic E-state index is 5.80. The van der Waals surface area contributed by atoms with Gasteiger partial charge in [-0.05, 0) is 93.7 Å². The molecule has 4 nitrogen and oxygen atoms in total. The Morgan fingerprint density at radius 3 is 2.03 bits per heavy atom. The van der Waals surface area contributed by atoms with Gasteiger partial charge in [0.2, 0.25) is 0 Å². The van der Waals surface area contributed by atoms with Gasteiger partial charge >= 0.3 is 0 Å². The molecule has 0 spiro atoms. The third kappa shape index (κ3) is 19.7. The first-order valence-electron chi connectivity index (χ1n) is 13.9. The Hall–Kier alpha value is -2.43. The Bertz CT molecular complexity index is 923. The number of nitrogens with one attached hydrogen (secondary N) is 1. The molecule has 0 atom stereocenters. The van der Waals surface area contributed by atoms with Gasteiger partial charge in [-0.15, -0.1) is 0 Å². The fourth-order valence-electron chi connectivity index (χ4n) is 2.87. The van der Waals surface area contributed by atoms with Crippen molar-refractivity contribution in [2.75, 3.05) is 32.5 Å². The van der Waals surface area contributed by atoms with E-state index < -0.39 is 0 Å². The van der Waals surface area contributed by atoms with Gasteiger partial charge in [-0.2, -0.15) is 0 Å². The number of rotatable bonds is 9. The van der Waals surface area contributed by atoms with Gasteiger partial charge < -0.3 is 5.32 Å². The van der Waals surface area contributed by atoms with E-state index >= 15 is 0 Å². The summed E-state index contributed by atoms with van der Waals surface area (Å²) >= 11 is 5.80. The van der Waals surface area contributed by atoms with Crippen molar-refractivity contribution in [2.24, 2.45) is 10.9 Å². The summed E-state index contributed by atoms with van der Waals surface area (Å²) in [5.74, 6) is 0.884. The first-order valence-corrected chi connectivity index (χ1v) is 14.2. The molecule has 0 aliphatic heterocycles. The Morgan fingerprint density at radius 1 is 1.11 bits per heavy atom. The average molecular weight is 543 g/mol. The number of aryl methyl sites for hydroxylation is 2. The van der Waals surface area contributed by atoms with Crippen molar-refractivity contribution in [2.45, 2.75) is 81.7 Å². The van der Waals surface area contributed by atoms with E-state index in [2.05, 4.69) is 93.4 Å². The Kier molecular flexibility index (Phi) is 23.5. The Labute approximate surface area is 240 Å². The summed E-state index contributed by atoms with van der Waals surface area (Å²) in [7, 11) is 3.66. The van der Waals surface area contributed by atoms with Crippen LogP contribution in [0.1, 0.15) is 78.6 Å². The second-order valence-electron chi connectivity index (χ2n) is 9.55. The molecule has 5 heteroatoms. The van der Waals surface area contributed by atoms with E-state index in [9.17, 15) is 0 Å². The molecular formula is C33H55ClN4. The van der Waals surface area contributed by atoms with Gasteiger partial charge in [0.1, 0.15) is 0 Å². The van der Waals surface area contributed by atoms with Crippen LogP contribution in [0, 0.1) is 12.8 Å². The van der Waals surface area contributed by atoms with E-state index in [1.807, 2.05) is 45.3 Å². The molecule has 0 bridgehead atoms. The summed E-state index contributed by atoms with van der Waals surface area (Å²) in [6.07, 6.45) is 7.98. The van der Waals surface area contributed by atoms with E-state index in [1.165, 1.54) is 23.1 Å². The zero-order chi connectivity index (χ0) is 29.5. The number of allylic oxidation sites excluding steroid dienone is 3. The largest absolute Gasteiger partial charge is 0.387 e. The molecule has 1 heterocycles. The molecule has 1 aromatic carbocycles. The number of hydrogen-bond acceptors (Lipinski definition) is 4. The van der Waals surface area contributed by atoms with Gasteiger partial charge in [0, 0.05) is 25.7 Å². The molecule has 1 aromatic heterocycles. The summed E-state index contributed by atoms with van der Waals surface area (Å²) in [5.41, 5.74) is 7.05. The van der Waals surface area contributed by atoms with Crippen molar-refractivity contribution in [1.29, 1.82) is 0 Å². The smallest absolute Gasteiger partial charge is 0.0564 e. The van der Waals surface area contributed by atoms with E-state index in [1.54, 1.807) is 13.1 Å². The summed E-state index contributed by atoms with van der Waals surface area (Å²) in [6, 6.07) is 10.1. The average Bonchev–Trinajstić information content (AvgIpc) is 2.92. The molecule has 0 amide bonds. The minimum atomic E-state index is 0.836. The van der Waals surface area contributed by atoms with Crippen LogP contribution < -0.4 is 5.32 Å². The molecule has 2 rings (SSSR count). The molecule has 0 saturated carbocycles. The summed E-state index contributed by atoms with van der Waals surface area (Å²) in [6.45, 7) is 26.0. The standard InChI is InChI=1S/C11H19N3.C9H11Cl.C8H13N.C5H12/c1-4-14(5-2)9-11-7-6-10(12-3)8-13-11;1-3-8-6-9(10)5-4-7(8)2;1-5-8(9-4)6-7(2)3;1-4-5(2)3/h6-8,12H,4-5,9H2,1-3H3;4-6H,3H2,1-2H3;5-6H,1H2,2-4H3;5H,4H2,1-3H3. The van der Waals surface area contributed by atoms with Crippen LogP contribution in [-0.2, 0) is 13.0 Å². The van der Waals surface area contributed by atoms with Gasteiger partial charge in [0.25, 0.3) is 0 Å². The minimum absolute atomic E-state index is 0.836. The lowest BCUT2D eigenvalue weighted by Gasteiger charge is -2.17. The van der Waals surface area contributed by atoms with Crippen LogP contribution in [-0.4, -0.2) is 42.8 Å². The molecule has 0 saturated heterocycles. The van der Waals surface area contributed by atoms with Gasteiger partial charge in [-0.3, -0.25) is 14.9 Å². The van der Waals surface area contributed by atoms with Crippen LogP contribution in [0.15, 0.2) is 65.8 Å². The van der Waals surface area contributed by atoms with Crippen LogP contribution in [0.5, 0.6) is 0 Å². The molecule has 0 fully saturated rings. The topological polar surface area (TPSA) is 40.5 Å². The number of anilines is 1. The van der Waals surface area contributed by atoms with E-state index in [4.69, 9.17) is 11.6 Å². The van der Waals surface area contributed by atoms with Gasteiger partial charge in [0.15, 0.2) is 0 Å². The number of aliphatic imine (C=N–C) groups is 1. The maximum Gasteiger partial charge on any atom is 0.0564 e. The molecular weight excluding hydrogens is 488 g/mol. The molecule has 0 aliphatic rings. The summed E-state index contributed by atoms with van der Waals surface area (Å²) in [4.78, 5) is 10.7. The van der Waals surface area contributed by atoms with E-state index in [0.29, 0.717) is 0 Å². The number of hydrogen-bond donors (Lipinski definition) is 1. The molecule has 38 heavy (non-hydrogen) atoms. The van der Waals surface area contributed by atoms with Crippen LogP contribution in [0.2, 0.25) is 5.02 Å². The van der Waals surface area contributed by atoms with Crippen molar-refractivity contribution in [3.8, 4) is 0 Å². The maximum absolute atomic E-state index is 5.80. The quantitative estimate of drug-likeness (QED) is 0.321. The monoisotopic (exact) mass is 542 g/mol. The molecule has 1 N–H and O–H groups in total. The summed E-state index contributed by atoms with van der Waals surface area (Å²) in [5, 5.41) is 3.89. The fourth-order valence-corrected chi connectivity index (χ4v) is 3.07. The molecule has 0 unspecified atom stereocenters. The SMILES string of the molecule is C=CC(C=C(C)C)=NC.CCC(C)C.CCN(CC)Cc1ccc(NC)cn1.CCc1cc(Cl)ccc1C. The normalized spacial score (nSPS) is 10.3. The second-order valence-corrected chi connectivity index (χ2v) is 9.99. The lowest BCUT2D eigenvalue weighted by atomic mass is 10.1. The van der Waals surface area contributed by atoms with Gasteiger partial charge in [-0.25, -0.2) is 0 Å². The zero-order valence-electron chi connectivity index (χ0n) is 26.2. The van der Waals surface area contributed by atoms with Crippen LogP contribution in [0.3, 0.4) is 0 Å². The van der Waals surface area contributed by atoms with Crippen molar-refractivity contribution < 1.29 is 0 Å². The summed E-state index contributed by atoms with van der Waals surface area (Å²) < 4.78 is 0. The number of nitrogens with zero attached hydrogens (tertiary/aromatic N) is 3. The van der Waals surface area contributed by atoms with Crippen LogP contribution >= 0.6 is 11.6 Å². The third-order valence-corrected chi connectivity index (χ3v) is 6.04. The second kappa shape index (κ2) is 23.7. The number of halogens is 1. The van der Waals surface area contributed by atoms with Crippen molar-refractivity contribution in [3.63, 3.8) is 0 Å². The van der Waals surface area contributed by atoms with Crippen LogP contribution in [0.25, 0.3) is 0 Å². The van der Waals surface area contributed by atoms with Gasteiger partial charge in [-0.1, -0.05) is 77.8 Å². The van der Waals surface area contributed by atoms with Crippen molar-refractivity contribution in [3.05, 3.63) is 82.7 Å². The van der Waals surface area contributed by atoms with Crippen molar-refractivity contribution in [1.82, 2.24) is 9.88 Å². The van der Waals surface area contributed by atoms with E-state index in [0.717, 1.165) is 54.1 Å². The first kappa shape index (κ1) is 37.7. The van der Waals surface area contributed by atoms with E-state index in [-0.39, 0.29) is 0 Å².